The van der Waals surface area contributed by atoms with Crippen LogP contribution in [0.3, 0.4) is 0 Å². The molecule has 2 unspecified atom stereocenters. The molecule has 0 spiro atoms. The fourth-order valence-corrected chi connectivity index (χ4v) is 14.9. The molecular weight excluding hydrogens is 417 g/mol. The molecule has 0 aliphatic heterocycles. The summed E-state index contributed by atoms with van der Waals surface area (Å²) in [4.78, 5) is 0. The number of benzene rings is 4. The average Bonchev–Trinajstić information content (AvgIpc) is 2.84. The first-order valence-electron chi connectivity index (χ1n) is 11.6. The van der Waals surface area contributed by atoms with E-state index < -0.39 is 16.1 Å². The molecule has 2 atom stereocenters. The van der Waals surface area contributed by atoms with Crippen molar-refractivity contribution in [2.24, 2.45) is 0 Å². The highest BCUT2D eigenvalue weighted by molar-refractivity contribution is 6.96. The van der Waals surface area contributed by atoms with E-state index in [1.165, 1.54) is 21.5 Å². The van der Waals surface area contributed by atoms with Crippen molar-refractivity contribution in [1.29, 1.82) is 0 Å². The molecule has 2 heteroatoms. The molecule has 0 nitrogen and oxygen atoms in total. The third kappa shape index (κ3) is 4.43. The molecule has 32 heavy (non-hydrogen) atoms. The second-order valence-corrected chi connectivity index (χ2v) is 19.2. The minimum absolute atomic E-state index is 0.482. The van der Waals surface area contributed by atoms with E-state index in [1.807, 2.05) is 0 Å². The second kappa shape index (κ2) is 9.44. The summed E-state index contributed by atoms with van der Waals surface area (Å²) in [5, 5.41) is 3.07. The summed E-state index contributed by atoms with van der Waals surface area (Å²) in [5.41, 5.74) is 3.93. The van der Waals surface area contributed by atoms with E-state index in [9.17, 15) is 0 Å². The zero-order valence-corrected chi connectivity index (χ0v) is 21.7. The summed E-state index contributed by atoms with van der Waals surface area (Å²) in [6, 6.07) is 45.2. The molecule has 4 aromatic carbocycles. The van der Waals surface area contributed by atoms with Crippen LogP contribution in [0, 0.1) is 0 Å². The van der Waals surface area contributed by atoms with E-state index in [1.54, 1.807) is 0 Å². The van der Waals surface area contributed by atoms with Crippen molar-refractivity contribution in [3.8, 4) is 0 Å². The van der Waals surface area contributed by atoms with Gasteiger partial charge in [0.2, 0.25) is 0 Å². The Hall–Kier alpha value is -2.69. The molecule has 0 amide bonds. The Balaban J connectivity index is 1.98. The molecule has 0 aliphatic rings. The van der Waals surface area contributed by atoms with Crippen LogP contribution in [0.15, 0.2) is 121 Å². The van der Waals surface area contributed by atoms with Crippen molar-refractivity contribution in [1.82, 2.24) is 0 Å². The van der Waals surface area contributed by atoms with Crippen LogP contribution in [0.2, 0.25) is 26.2 Å². The molecule has 0 bridgehead atoms. The lowest BCUT2D eigenvalue weighted by molar-refractivity contribution is 0.818. The van der Waals surface area contributed by atoms with Crippen molar-refractivity contribution in [3.05, 3.63) is 132 Å². The van der Waals surface area contributed by atoms with Crippen molar-refractivity contribution >= 4 is 26.5 Å². The normalized spacial score (nSPS) is 14.0. The largest absolute Gasteiger partial charge is 0.0883 e. The Bertz CT molecular complexity index is 1010. The number of rotatable bonds is 7. The van der Waals surface area contributed by atoms with Gasteiger partial charge in [-0.1, -0.05) is 158 Å². The Morgan fingerprint density at radius 1 is 0.375 bits per heavy atom. The average molecular weight is 451 g/mol. The summed E-state index contributed by atoms with van der Waals surface area (Å²) >= 11 is 0. The van der Waals surface area contributed by atoms with Crippen LogP contribution in [-0.2, 0) is 0 Å². The highest BCUT2D eigenvalue weighted by atomic mass is 28.3. The van der Waals surface area contributed by atoms with Crippen molar-refractivity contribution in [3.63, 3.8) is 0 Å². The van der Waals surface area contributed by atoms with Gasteiger partial charge < -0.3 is 0 Å². The predicted molar refractivity (Wildman–Crippen MR) is 145 cm³/mol. The topological polar surface area (TPSA) is 0 Å². The van der Waals surface area contributed by atoms with E-state index in [0.717, 1.165) is 0 Å². The fourth-order valence-electron chi connectivity index (χ4n) is 5.47. The first-order valence-corrected chi connectivity index (χ1v) is 17.8. The van der Waals surface area contributed by atoms with Crippen molar-refractivity contribution in [2.75, 3.05) is 0 Å². The van der Waals surface area contributed by atoms with Gasteiger partial charge in [0.1, 0.15) is 0 Å². The molecule has 4 aromatic rings. The van der Waals surface area contributed by atoms with E-state index in [-0.39, 0.29) is 0 Å². The van der Waals surface area contributed by atoms with Crippen LogP contribution in [0.4, 0.5) is 0 Å². The maximum atomic E-state index is 2.57. The molecule has 0 radical (unpaired) electrons. The first-order chi connectivity index (χ1) is 15.4. The van der Waals surface area contributed by atoms with Crippen LogP contribution in [0.5, 0.6) is 0 Å². The standard InChI is InChI=1S/C30H34Si2/c1-31(2,27-21-13-7-14-22-27)29(25-17-9-5-10-18-25)30(26-19-11-6-12-20-26)32(3,4)28-23-15-8-16-24-28/h5-24,29-30H,1-4H3. The quantitative estimate of drug-likeness (QED) is 0.270. The lowest BCUT2D eigenvalue weighted by Crippen LogP contribution is -2.58. The van der Waals surface area contributed by atoms with Gasteiger partial charge in [-0.2, -0.15) is 0 Å². The van der Waals surface area contributed by atoms with Gasteiger partial charge in [0, 0.05) is 0 Å². The molecule has 0 fully saturated rings. The molecule has 0 saturated heterocycles. The van der Waals surface area contributed by atoms with Crippen LogP contribution in [0.25, 0.3) is 0 Å². The molecular formula is C30H34Si2. The summed E-state index contributed by atoms with van der Waals surface area (Å²) in [7, 11) is -3.81. The molecule has 162 valence electrons. The van der Waals surface area contributed by atoms with Gasteiger partial charge in [-0.05, 0) is 22.2 Å². The zero-order chi connectivity index (χ0) is 22.6. The van der Waals surface area contributed by atoms with Gasteiger partial charge in [-0.25, -0.2) is 0 Å². The van der Waals surface area contributed by atoms with Gasteiger partial charge in [-0.15, -0.1) is 0 Å². The third-order valence-corrected chi connectivity index (χ3v) is 15.7. The Labute approximate surface area is 196 Å². The molecule has 0 aliphatic carbocycles. The third-order valence-electron chi connectivity index (χ3n) is 7.24. The minimum atomic E-state index is -1.90. The first kappa shape index (κ1) is 22.5. The lowest BCUT2D eigenvalue weighted by atomic mass is 10.0. The van der Waals surface area contributed by atoms with Gasteiger partial charge in [-0.3, -0.25) is 0 Å². The van der Waals surface area contributed by atoms with Crippen LogP contribution in [-0.4, -0.2) is 16.1 Å². The van der Waals surface area contributed by atoms with E-state index in [4.69, 9.17) is 0 Å². The fraction of sp³-hybridized carbons (Fsp3) is 0.200. The predicted octanol–water partition coefficient (Wildman–Crippen LogP) is 6.86. The summed E-state index contributed by atoms with van der Waals surface area (Å²) in [5.74, 6) is 0. The molecule has 0 saturated carbocycles. The molecule has 0 heterocycles. The second-order valence-electron chi connectivity index (χ2n) is 9.95. The highest BCUT2D eigenvalue weighted by Crippen LogP contribution is 2.45. The number of hydrogen-bond donors (Lipinski definition) is 0. The summed E-state index contributed by atoms with van der Waals surface area (Å²) in [6.07, 6.45) is 0. The summed E-state index contributed by atoms with van der Waals surface area (Å²) < 4.78 is 0. The van der Waals surface area contributed by atoms with Gasteiger partial charge >= 0.3 is 0 Å². The van der Waals surface area contributed by atoms with Gasteiger partial charge in [0.25, 0.3) is 0 Å². The van der Waals surface area contributed by atoms with Crippen LogP contribution < -0.4 is 10.4 Å². The monoisotopic (exact) mass is 450 g/mol. The Morgan fingerprint density at radius 2 is 0.625 bits per heavy atom. The molecule has 0 aromatic heterocycles. The molecule has 0 N–H and O–H groups in total. The van der Waals surface area contributed by atoms with E-state index >= 15 is 0 Å². The maximum absolute atomic E-state index is 2.57. The van der Waals surface area contributed by atoms with E-state index in [2.05, 4.69) is 148 Å². The molecule has 4 rings (SSSR count). The Morgan fingerprint density at radius 3 is 0.906 bits per heavy atom. The van der Waals surface area contributed by atoms with Crippen molar-refractivity contribution in [2.45, 2.75) is 37.3 Å². The zero-order valence-electron chi connectivity index (χ0n) is 19.7. The number of hydrogen-bond acceptors (Lipinski definition) is 0. The van der Waals surface area contributed by atoms with E-state index in [0.29, 0.717) is 11.1 Å². The summed E-state index contributed by atoms with van der Waals surface area (Å²) in [6.45, 7) is 10.3. The Kier molecular flexibility index (Phi) is 6.64. The van der Waals surface area contributed by atoms with Gasteiger partial charge in [0.05, 0.1) is 16.1 Å². The minimum Gasteiger partial charge on any atom is -0.0650 e. The lowest BCUT2D eigenvalue weighted by Gasteiger charge is -2.46. The highest BCUT2D eigenvalue weighted by Gasteiger charge is 2.47. The SMILES string of the molecule is C[Si](C)(c1ccccc1)C(c1ccccc1)C(c1ccccc1)[Si](C)(C)c1ccccc1. The smallest absolute Gasteiger partial charge is 0.0650 e. The van der Waals surface area contributed by atoms with Crippen LogP contribution >= 0.6 is 0 Å². The van der Waals surface area contributed by atoms with Crippen molar-refractivity contribution < 1.29 is 0 Å². The van der Waals surface area contributed by atoms with Gasteiger partial charge in [0.15, 0.2) is 0 Å². The maximum Gasteiger partial charge on any atom is 0.0883 e. The van der Waals surface area contributed by atoms with Crippen LogP contribution in [0.1, 0.15) is 22.2 Å².